The number of nitrogens with zero attached hydrogens (tertiary/aromatic N) is 1. The van der Waals surface area contributed by atoms with E-state index < -0.39 is 21.5 Å². The molecule has 0 aliphatic carbocycles. The van der Waals surface area contributed by atoms with E-state index in [0.717, 1.165) is 9.87 Å². The first-order valence-electron chi connectivity index (χ1n) is 5.00. The van der Waals surface area contributed by atoms with Crippen LogP contribution in [0.25, 0.3) is 0 Å². The molecule has 0 unspecified atom stereocenters. The summed E-state index contributed by atoms with van der Waals surface area (Å²) in [6, 6.07) is 8.21. The number of carbonyl (C=O) groups is 1. The lowest BCUT2D eigenvalue weighted by Crippen LogP contribution is -2.37. The standard InChI is InChI=1S/C10H11ClN2O3S/c11-10(14)9-6-12-17(15,16)13(9)7-8-4-2-1-3-5-8/h1-5,9,12H,6-7H2/t9-/m0/s1. The summed E-state index contributed by atoms with van der Waals surface area (Å²) >= 11 is 5.39. The zero-order valence-corrected chi connectivity index (χ0v) is 10.4. The number of hydrogen-bond acceptors (Lipinski definition) is 3. The third-order valence-corrected chi connectivity index (χ3v) is 4.34. The zero-order chi connectivity index (χ0) is 12.5. The van der Waals surface area contributed by atoms with Crippen LogP contribution in [0.2, 0.25) is 0 Å². The third-order valence-electron chi connectivity index (χ3n) is 2.56. The first-order valence-corrected chi connectivity index (χ1v) is 6.82. The van der Waals surface area contributed by atoms with Crippen molar-refractivity contribution in [1.82, 2.24) is 9.03 Å². The van der Waals surface area contributed by atoms with Crippen LogP contribution in [0.5, 0.6) is 0 Å². The van der Waals surface area contributed by atoms with Gasteiger partial charge in [0.05, 0.1) is 0 Å². The molecule has 0 bridgehead atoms. The van der Waals surface area contributed by atoms with Gasteiger partial charge in [0, 0.05) is 13.1 Å². The Morgan fingerprint density at radius 2 is 2.06 bits per heavy atom. The van der Waals surface area contributed by atoms with E-state index in [1.165, 1.54) is 0 Å². The number of nitrogens with one attached hydrogen (secondary N) is 1. The molecule has 92 valence electrons. The van der Waals surface area contributed by atoms with E-state index >= 15 is 0 Å². The van der Waals surface area contributed by atoms with Crippen LogP contribution in [0.15, 0.2) is 30.3 Å². The number of hydrogen-bond donors (Lipinski definition) is 1. The van der Waals surface area contributed by atoms with E-state index in [1.54, 1.807) is 12.1 Å². The second-order valence-electron chi connectivity index (χ2n) is 3.70. The molecule has 0 spiro atoms. The molecule has 1 saturated heterocycles. The van der Waals surface area contributed by atoms with Gasteiger partial charge in [-0.1, -0.05) is 30.3 Å². The quantitative estimate of drug-likeness (QED) is 0.815. The second-order valence-corrected chi connectivity index (χ2v) is 5.78. The van der Waals surface area contributed by atoms with Crippen LogP contribution in [0.4, 0.5) is 0 Å². The molecule has 0 aromatic heterocycles. The van der Waals surface area contributed by atoms with Crippen molar-refractivity contribution in [3.05, 3.63) is 35.9 Å². The summed E-state index contributed by atoms with van der Waals surface area (Å²) in [5.74, 6) is 0. The Hall–Kier alpha value is -0.950. The lowest BCUT2D eigenvalue weighted by atomic mass is 10.2. The molecular weight excluding hydrogens is 264 g/mol. The van der Waals surface area contributed by atoms with E-state index in [-0.39, 0.29) is 13.1 Å². The molecule has 1 aliphatic rings. The molecule has 1 aliphatic heterocycles. The predicted molar refractivity (Wildman–Crippen MR) is 63.6 cm³/mol. The molecular formula is C10H11ClN2O3S. The Morgan fingerprint density at radius 3 is 2.65 bits per heavy atom. The minimum absolute atomic E-state index is 0.0253. The molecule has 0 radical (unpaired) electrons. The Balaban J connectivity index is 2.25. The third kappa shape index (κ3) is 2.66. The molecule has 1 fully saturated rings. The fourth-order valence-electron chi connectivity index (χ4n) is 1.69. The SMILES string of the molecule is O=C(Cl)[C@@H]1CNS(=O)(=O)N1Cc1ccccc1. The fraction of sp³-hybridized carbons (Fsp3) is 0.300. The van der Waals surface area contributed by atoms with Gasteiger partial charge in [0.1, 0.15) is 6.04 Å². The van der Waals surface area contributed by atoms with Gasteiger partial charge in [0.15, 0.2) is 0 Å². The lowest BCUT2D eigenvalue weighted by molar-refractivity contribution is -0.114. The van der Waals surface area contributed by atoms with E-state index in [2.05, 4.69) is 4.72 Å². The number of benzene rings is 1. The summed E-state index contributed by atoms with van der Waals surface area (Å²) in [7, 11) is -3.60. The molecule has 1 atom stereocenters. The molecule has 1 N–H and O–H groups in total. The highest BCUT2D eigenvalue weighted by Gasteiger charge is 2.40. The average molecular weight is 275 g/mol. The van der Waals surface area contributed by atoms with Gasteiger partial charge in [-0.05, 0) is 17.2 Å². The molecule has 1 aromatic rings. The zero-order valence-electron chi connectivity index (χ0n) is 8.84. The van der Waals surface area contributed by atoms with Gasteiger partial charge in [-0.25, -0.2) is 0 Å². The molecule has 1 aromatic carbocycles. The summed E-state index contributed by atoms with van der Waals surface area (Å²) in [6.45, 7) is 0.163. The molecule has 1 heterocycles. The highest BCUT2D eigenvalue weighted by molar-refractivity contribution is 7.87. The van der Waals surface area contributed by atoms with Crippen molar-refractivity contribution < 1.29 is 13.2 Å². The molecule has 0 saturated carbocycles. The van der Waals surface area contributed by atoms with Crippen molar-refractivity contribution >= 4 is 27.1 Å². The van der Waals surface area contributed by atoms with Crippen molar-refractivity contribution in [2.45, 2.75) is 12.6 Å². The fourth-order valence-corrected chi connectivity index (χ4v) is 3.30. The maximum absolute atomic E-state index is 11.7. The van der Waals surface area contributed by atoms with Gasteiger partial charge < -0.3 is 0 Å². The van der Waals surface area contributed by atoms with E-state index in [9.17, 15) is 13.2 Å². The summed E-state index contributed by atoms with van der Waals surface area (Å²) in [6.07, 6.45) is 0. The van der Waals surface area contributed by atoms with Crippen molar-refractivity contribution in [1.29, 1.82) is 0 Å². The monoisotopic (exact) mass is 274 g/mol. The number of carbonyl (C=O) groups excluding carboxylic acids is 1. The van der Waals surface area contributed by atoms with Crippen LogP contribution in [-0.2, 0) is 21.5 Å². The number of rotatable bonds is 3. The van der Waals surface area contributed by atoms with Crippen LogP contribution in [-0.4, -0.2) is 30.6 Å². The summed E-state index contributed by atoms with van der Waals surface area (Å²) in [5.41, 5.74) is 0.808. The summed E-state index contributed by atoms with van der Waals surface area (Å²) < 4.78 is 26.7. The van der Waals surface area contributed by atoms with Crippen LogP contribution in [0, 0.1) is 0 Å². The molecule has 5 nitrogen and oxygen atoms in total. The second kappa shape index (κ2) is 4.73. The first kappa shape index (κ1) is 12.5. The Kier molecular flexibility index (Phi) is 3.48. The van der Waals surface area contributed by atoms with Gasteiger partial charge in [0.2, 0.25) is 5.24 Å². The van der Waals surface area contributed by atoms with Gasteiger partial charge in [0.25, 0.3) is 10.2 Å². The number of halogens is 1. The van der Waals surface area contributed by atoms with Crippen molar-refractivity contribution in [3.63, 3.8) is 0 Å². The van der Waals surface area contributed by atoms with Crippen LogP contribution in [0.1, 0.15) is 5.56 Å². The van der Waals surface area contributed by atoms with Gasteiger partial charge >= 0.3 is 0 Å². The smallest absolute Gasteiger partial charge is 0.279 e. The normalized spacial score (nSPS) is 23.7. The maximum atomic E-state index is 11.7. The van der Waals surface area contributed by atoms with Gasteiger partial charge in [-0.3, -0.25) is 4.79 Å². The molecule has 0 amide bonds. The maximum Gasteiger partial charge on any atom is 0.280 e. The van der Waals surface area contributed by atoms with Crippen molar-refractivity contribution in [2.24, 2.45) is 0 Å². The van der Waals surface area contributed by atoms with Gasteiger partial charge in [-0.2, -0.15) is 17.4 Å². The lowest BCUT2D eigenvalue weighted by Gasteiger charge is -2.18. The van der Waals surface area contributed by atoms with Crippen LogP contribution < -0.4 is 4.72 Å². The Labute approximate surface area is 105 Å². The van der Waals surface area contributed by atoms with E-state index in [0.29, 0.717) is 0 Å². The summed E-state index contributed by atoms with van der Waals surface area (Å²) in [5, 5.41) is -0.672. The topological polar surface area (TPSA) is 66.5 Å². The van der Waals surface area contributed by atoms with Gasteiger partial charge in [-0.15, -0.1) is 0 Å². The molecule has 17 heavy (non-hydrogen) atoms. The molecule has 2 rings (SSSR count). The Bertz CT molecular complexity index is 518. The largest absolute Gasteiger partial charge is 0.280 e. The first-order chi connectivity index (χ1) is 8.00. The average Bonchev–Trinajstić information content (AvgIpc) is 2.56. The highest BCUT2D eigenvalue weighted by atomic mass is 35.5. The van der Waals surface area contributed by atoms with Crippen LogP contribution in [0.3, 0.4) is 0 Å². The molecule has 7 heteroatoms. The predicted octanol–water partition coefficient (Wildman–Crippen LogP) is 0.471. The minimum atomic E-state index is -3.60. The minimum Gasteiger partial charge on any atom is -0.279 e. The highest BCUT2D eigenvalue weighted by Crippen LogP contribution is 2.18. The van der Waals surface area contributed by atoms with Crippen molar-refractivity contribution in [3.8, 4) is 0 Å². The van der Waals surface area contributed by atoms with E-state index in [1.807, 2.05) is 18.2 Å². The van der Waals surface area contributed by atoms with Crippen molar-refractivity contribution in [2.75, 3.05) is 6.54 Å². The van der Waals surface area contributed by atoms with E-state index in [4.69, 9.17) is 11.6 Å². The Morgan fingerprint density at radius 1 is 1.41 bits per heavy atom. The van der Waals surface area contributed by atoms with Crippen LogP contribution >= 0.6 is 11.6 Å². The summed E-state index contributed by atoms with van der Waals surface area (Å²) in [4.78, 5) is 11.2.